The number of hydrogen-bond donors (Lipinski definition) is 0. The highest BCUT2D eigenvalue weighted by Gasteiger charge is 2.17. The van der Waals surface area contributed by atoms with E-state index in [1.165, 1.54) is 17.8 Å². The van der Waals surface area contributed by atoms with Crippen LogP contribution in [0, 0.1) is 0 Å². The number of benzene rings is 2. The number of imidazole rings is 1. The smallest absolute Gasteiger partial charge is 0.337 e. The van der Waals surface area contributed by atoms with Gasteiger partial charge in [-0.15, -0.1) is 0 Å². The van der Waals surface area contributed by atoms with Crippen LogP contribution in [0.5, 0.6) is 0 Å². The average molecular weight is 449 g/mol. The molecule has 0 aliphatic heterocycles. The molecule has 28 heavy (non-hydrogen) atoms. The van der Waals surface area contributed by atoms with Crippen LogP contribution in [0.1, 0.15) is 0 Å². The van der Waals surface area contributed by atoms with Gasteiger partial charge in [0.05, 0.1) is 0 Å². The zero-order chi connectivity index (χ0) is 19.1. The fraction of sp³-hybridized carbons (Fsp3) is 0. The number of pyridine rings is 1. The molecule has 0 atom stereocenters. The van der Waals surface area contributed by atoms with Gasteiger partial charge in [-0.2, -0.15) is 0 Å². The zero-order valence-corrected chi connectivity index (χ0v) is 16.9. The second-order valence-corrected chi connectivity index (χ2v) is 8.18. The summed E-state index contributed by atoms with van der Waals surface area (Å²) in [6, 6.07) is 23.2. The van der Waals surface area contributed by atoms with Gasteiger partial charge in [0.2, 0.25) is 0 Å². The Kier molecular flexibility index (Phi) is 4.30. The lowest BCUT2D eigenvalue weighted by Crippen LogP contribution is -1.98. The van der Waals surface area contributed by atoms with Gasteiger partial charge in [-0.1, -0.05) is 64.1 Å². The first-order valence-corrected chi connectivity index (χ1v) is 10.2. The average Bonchev–Trinajstić information content (AvgIpc) is 3.08. The van der Waals surface area contributed by atoms with Crippen LogP contribution in [0.3, 0.4) is 0 Å². The maximum Gasteiger partial charge on any atom is 0.337 e. The van der Waals surface area contributed by atoms with Crippen LogP contribution in [0.4, 0.5) is 0 Å². The number of hydrogen-bond acceptors (Lipinski definition) is 4. The van der Waals surface area contributed by atoms with E-state index in [2.05, 4.69) is 15.9 Å². The molecule has 3 aromatic heterocycles. The molecule has 0 radical (unpaired) electrons. The van der Waals surface area contributed by atoms with E-state index in [1.54, 1.807) is 6.07 Å². The van der Waals surface area contributed by atoms with Gasteiger partial charge < -0.3 is 4.42 Å². The van der Waals surface area contributed by atoms with Crippen LogP contribution in [-0.2, 0) is 0 Å². The summed E-state index contributed by atoms with van der Waals surface area (Å²) in [6.07, 6.45) is 1.99. The third-order valence-electron chi connectivity index (χ3n) is 4.41. The van der Waals surface area contributed by atoms with Crippen molar-refractivity contribution in [3.63, 3.8) is 0 Å². The Bertz CT molecular complexity index is 1380. The molecule has 6 heteroatoms. The highest BCUT2D eigenvalue weighted by molar-refractivity contribution is 9.10. The lowest BCUT2D eigenvalue weighted by atomic mass is 10.2. The van der Waals surface area contributed by atoms with Gasteiger partial charge in [0, 0.05) is 32.6 Å². The third-order valence-corrected chi connectivity index (χ3v) is 6.04. The van der Waals surface area contributed by atoms with Crippen molar-refractivity contribution in [1.82, 2.24) is 9.38 Å². The minimum atomic E-state index is -0.368. The maximum atomic E-state index is 12.1. The minimum Gasteiger partial charge on any atom is -0.423 e. The van der Waals surface area contributed by atoms with Gasteiger partial charge in [-0.3, -0.25) is 4.40 Å². The van der Waals surface area contributed by atoms with Gasteiger partial charge in [0.25, 0.3) is 0 Å². The van der Waals surface area contributed by atoms with Gasteiger partial charge in [0.1, 0.15) is 22.0 Å². The summed E-state index contributed by atoms with van der Waals surface area (Å²) in [7, 11) is 0. The fourth-order valence-electron chi connectivity index (χ4n) is 3.15. The Labute approximate surface area is 173 Å². The lowest BCUT2D eigenvalue weighted by Gasteiger charge is -2.08. The summed E-state index contributed by atoms with van der Waals surface area (Å²) < 4.78 is 8.34. The van der Waals surface area contributed by atoms with E-state index in [0.717, 1.165) is 36.7 Å². The normalized spacial score (nSPS) is 11.3. The van der Waals surface area contributed by atoms with E-state index in [0.29, 0.717) is 5.58 Å². The first-order valence-electron chi connectivity index (χ1n) is 8.63. The summed E-state index contributed by atoms with van der Waals surface area (Å²) >= 11 is 5.02. The summed E-state index contributed by atoms with van der Waals surface area (Å²) in [5.74, 6) is 0. The van der Waals surface area contributed by atoms with E-state index in [4.69, 9.17) is 9.40 Å². The number of halogens is 1. The number of fused-ring (bicyclic) bond motifs is 2. The Morgan fingerprint density at radius 1 is 0.964 bits per heavy atom. The van der Waals surface area contributed by atoms with Gasteiger partial charge in [0.15, 0.2) is 0 Å². The molecule has 0 saturated heterocycles. The topological polar surface area (TPSA) is 47.5 Å². The van der Waals surface area contributed by atoms with E-state index < -0.39 is 0 Å². The molecule has 3 heterocycles. The molecule has 5 aromatic rings. The summed E-state index contributed by atoms with van der Waals surface area (Å²) in [5, 5.41) is 1.83. The first kappa shape index (κ1) is 17.3. The number of aromatic nitrogens is 2. The molecule has 0 bridgehead atoms. The standard InChI is InChI=1S/C22H13BrN2O2S/c23-15-9-10-17-16(12-15)18(13-20(26)27-17)28-22-21(14-6-2-1-3-7-14)24-19-8-4-5-11-25(19)22/h1-13H. The molecule has 0 N–H and O–H groups in total. The third kappa shape index (κ3) is 3.04. The van der Waals surface area contributed by atoms with Crippen molar-refractivity contribution >= 4 is 44.3 Å². The predicted molar refractivity (Wildman–Crippen MR) is 115 cm³/mol. The molecule has 136 valence electrons. The zero-order valence-electron chi connectivity index (χ0n) is 14.5. The quantitative estimate of drug-likeness (QED) is 0.316. The van der Waals surface area contributed by atoms with E-state index in [9.17, 15) is 4.79 Å². The van der Waals surface area contributed by atoms with E-state index in [1.807, 2.05) is 71.3 Å². The molecule has 0 fully saturated rings. The molecule has 5 rings (SSSR count). The maximum absolute atomic E-state index is 12.1. The van der Waals surface area contributed by atoms with Crippen LogP contribution < -0.4 is 5.63 Å². The Balaban J connectivity index is 1.76. The van der Waals surface area contributed by atoms with Crippen LogP contribution in [0.2, 0.25) is 0 Å². The fourth-order valence-corrected chi connectivity index (χ4v) is 4.66. The summed E-state index contributed by atoms with van der Waals surface area (Å²) in [5.41, 5.74) is 2.97. The Hall–Kier alpha value is -2.83. The summed E-state index contributed by atoms with van der Waals surface area (Å²) in [6.45, 7) is 0. The Morgan fingerprint density at radius 3 is 2.64 bits per heavy atom. The molecular formula is C22H13BrN2O2S. The van der Waals surface area contributed by atoms with Crippen molar-refractivity contribution in [1.29, 1.82) is 0 Å². The highest BCUT2D eigenvalue weighted by atomic mass is 79.9. The van der Waals surface area contributed by atoms with Gasteiger partial charge >= 0.3 is 5.63 Å². The molecule has 4 nitrogen and oxygen atoms in total. The van der Waals surface area contributed by atoms with E-state index >= 15 is 0 Å². The molecule has 0 amide bonds. The van der Waals surface area contributed by atoms with Crippen LogP contribution in [0.25, 0.3) is 27.9 Å². The van der Waals surface area contributed by atoms with Crippen LogP contribution >= 0.6 is 27.7 Å². The summed E-state index contributed by atoms with van der Waals surface area (Å²) in [4.78, 5) is 17.8. The van der Waals surface area contributed by atoms with Crippen LogP contribution in [0.15, 0.2) is 103 Å². The molecule has 2 aromatic carbocycles. The van der Waals surface area contributed by atoms with Crippen molar-refractivity contribution in [3.05, 3.63) is 93.9 Å². The molecule has 0 spiro atoms. The molecular weight excluding hydrogens is 436 g/mol. The van der Waals surface area contributed by atoms with E-state index in [-0.39, 0.29) is 5.63 Å². The molecule has 0 unspecified atom stereocenters. The molecule has 0 saturated carbocycles. The number of rotatable bonds is 3. The molecule has 0 aliphatic rings. The van der Waals surface area contributed by atoms with Gasteiger partial charge in [-0.05, 0) is 30.3 Å². The number of nitrogens with zero attached hydrogens (tertiary/aromatic N) is 2. The second-order valence-electron chi connectivity index (χ2n) is 6.23. The molecule has 0 aliphatic carbocycles. The van der Waals surface area contributed by atoms with Gasteiger partial charge in [-0.25, -0.2) is 9.78 Å². The van der Waals surface area contributed by atoms with Crippen LogP contribution in [-0.4, -0.2) is 9.38 Å². The predicted octanol–water partition coefficient (Wildman–Crippen LogP) is 6.02. The minimum absolute atomic E-state index is 0.368. The van der Waals surface area contributed by atoms with Crippen molar-refractivity contribution in [2.24, 2.45) is 0 Å². The lowest BCUT2D eigenvalue weighted by molar-refractivity contribution is 0.557. The van der Waals surface area contributed by atoms with Crippen molar-refractivity contribution in [3.8, 4) is 11.3 Å². The SMILES string of the molecule is O=c1cc(Sc2c(-c3ccccc3)nc3ccccn23)c2cc(Br)ccc2o1. The first-order chi connectivity index (χ1) is 13.7. The van der Waals surface area contributed by atoms with Crippen molar-refractivity contribution < 1.29 is 4.42 Å². The second kappa shape index (κ2) is 6.96. The monoisotopic (exact) mass is 448 g/mol. The van der Waals surface area contributed by atoms with Crippen molar-refractivity contribution in [2.45, 2.75) is 9.92 Å². The Morgan fingerprint density at radius 2 is 1.79 bits per heavy atom. The largest absolute Gasteiger partial charge is 0.423 e. The highest BCUT2D eigenvalue weighted by Crippen LogP contribution is 2.39. The van der Waals surface area contributed by atoms with Crippen molar-refractivity contribution in [2.75, 3.05) is 0 Å².